The topological polar surface area (TPSA) is 93.7 Å². The Hall–Kier alpha value is -1.94. The molecule has 1 atom stereocenters. The number of methoxy groups -OCH3 is 1. The van der Waals surface area contributed by atoms with Gasteiger partial charge in [-0.15, -0.1) is 0 Å². The third-order valence-electron chi connectivity index (χ3n) is 3.85. The normalized spacial score (nSPS) is 12.4. The van der Waals surface area contributed by atoms with Crippen LogP contribution in [0.1, 0.15) is 18.5 Å². The SMILES string of the molecule is COCCNS(=O)(=O)c1ccc(OCC(=O)N[C@H](C)c2ccc(Br)cc2)cc1. The quantitative estimate of drug-likeness (QED) is 0.520. The molecule has 0 saturated heterocycles. The summed E-state index contributed by atoms with van der Waals surface area (Å²) in [6.45, 7) is 2.19. The number of rotatable bonds is 10. The van der Waals surface area contributed by atoms with E-state index < -0.39 is 10.0 Å². The summed E-state index contributed by atoms with van der Waals surface area (Å²) < 4.78 is 37.8. The Morgan fingerprint density at radius 1 is 1.11 bits per heavy atom. The lowest BCUT2D eigenvalue weighted by Crippen LogP contribution is -2.31. The molecule has 0 aliphatic carbocycles. The number of amides is 1. The van der Waals surface area contributed by atoms with E-state index in [0.29, 0.717) is 5.75 Å². The van der Waals surface area contributed by atoms with Gasteiger partial charge in [0, 0.05) is 18.1 Å². The van der Waals surface area contributed by atoms with Crippen molar-refractivity contribution in [2.24, 2.45) is 0 Å². The summed E-state index contributed by atoms with van der Waals surface area (Å²) in [7, 11) is -2.10. The van der Waals surface area contributed by atoms with Gasteiger partial charge in [-0.25, -0.2) is 13.1 Å². The van der Waals surface area contributed by atoms with Crippen molar-refractivity contribution >= 4 is 31.9 Å². The first-order valence-electron chi connectivity index (χ1n) is 8.58. The second-order valence-corrected chi connectivity index (χ2v) is 8.67. The molecular formula is C19H23BrN2O5S. The Morgan fingerprint density at radius 3 is 2.36 bits per heavy atom. The lowest BCUT2D eigenvalue weighted by Gasteiger charge is -2.15. The number of halogens is 1. The van der Waals surface area contributed by atoms with Crippen LogP contribution in [0.3, 0.4) is 0 Å². The maximum atomic E-state index is 12.1. The average Bonchev–Trinajstić information content (AvgIpc) is 2.67. The minimum absolute atomic E-state index is 0.115. The predicted molar refractivity (Wildman–Crippen MR) is 110 cm³/mol. The smallest absolute Gasteiger partial charge is 0.258 e. The van der Waals surface area contributed by atoms with Crippen molar-refractivity contribution in [1.82, 2.24) is 10.0 Å². The first kappa shape index (κ1) is 22.4. The van der Waals surface area contributed by atoms with Crippen molar-refractivity contribution in [2.45, 2.75) is 17.9 Å². The third-order valence-corrected chi connectivity index (χ3v) is 5.86. The summed E-state index contributed by atoms with van der Waals surface area (Å²) in [6, 6.07) is 13.4. The standard InChI is InChI=1S/C19H23BrN2O5S/c1-14(15-3-5-16(20)6-4-15)22-19(23)13-27-17-7-9-18(10-8-17)28(24,25)21-11-12-26-2/h3-10,14,21H,11-13H2,1-2H3,(H,22,23)/t14-/m1/s1. The van der Waals surface area contributed by atoms with E-state index in [1.807, 2.05) is 31.2 Å². The summed E-state index contributed by atoms with van der Waals surface area (Å²) in [5.41, 5.74) is 0.979. The van der Waals surface area contributed by atoms with Crippen LogP contribution in [0.15, 0.2) is 57.9 Å². The molecule has 28 heavy (non-hydrogen) atoms. The van der Waals surface area contributed by atoms with Crippen molar-refractivity contribution in [3.05, 3.63) is 58.6 Å². The molecule has 1 amide bonds. The van der Waals surface area contributed by atoms with Gasteiger partial charge in [0.05, 0.1) is 17.5 Å². The number of sulfonamides is 1. The predicted octanol–water partition coefficient (Wildman–Crippen LogP) is 2.63. The van der Waals surface area contributed by atoms with Crippen LogP contribution in [0.2, 0.25) is 0 Å². The van der Waals surface area contributed by atoms with Crippen molar-refractivity contribution < 1.29 is 22.7 Å². The highest BCUT2D eigenvalue weighted by Gasteiger charge is 2.14. The Morgan fingerprint density at radius 2 is 1.75 bits per heavy atom. The summed E-state index contributed by atoms with van der Waals surface area (Å²) in [4.78, 5) is 12.2. The fourth-order valence-electron chi connectivity index (χ4n) is 2.34. The van der Waals surface area contributed by atoms with E-state index in [1.54, 1.807) is 0 Å². The summed E-state index contributed by atoms with van der Waals surface area (Å²) in [6.07, 6.45) is 0. The summed E-state index contributed by atoms with van der Waals surface area (Å²) >= 11 is 3.37. The number of carbonyl (C=O) groups is 1. The molecule has 0 aliphatic rings. The molecule has 0 aromatic heterocycles. The molecule has 0 radical (unpaired) electrons. The number of benzene rings is 2. The zero-order valence-electron chi connectivity index (χ0n) is 15.6. The van der Waals surface area contributed by atoms with Crippen LogP contribution in [0.5, 0.6) is 5.75 Å². The Kier molecular flexibility index (Phi) is 8.43. The maximum Gasteiger partial charge on any atom is 0.258 e. The number of hydrogen-bond acceptors (Lipinski definition) is 5. The summed E-state index contributed by atoms with van der Waals surface area (Å²) in [5.74, 6) is 0.135. The number of nitrogens with one attached hydrogen (secondary N) is 2. The molecule has 2 aromatic rings. The van der Waals surface area contributed by atoms with Gasteiger partial charge in [0.2, 0.25) is 10.0 Å². The van der Waals surface area contributed by atoms with Crippen LogP contribution < -0.4 is 14.8 Å². The molecule has 0 spiro atoms. The Balaban J connectivity index is 1.85. The van der Waals surface area contributed by atoms with E-state index in [2.05, 4.69) is 26.0 Å². The van der Waals surface area contributed by atoms with E-state index in [-0.39, 0.29) is 36.6 Å². The van der Waals surface area contributed by atoms with Crippen LogP contribution in [-0.4, -0.2) is 41.2 Å². The van der Waals surface area contributed by atoms with Crippen molar-refractivity contribution in [1.29, 1.82) is 0 Å². The maximum absolute atomic E-state index is 12.1. The first-order valence-corrected chi connectivity index (χ1v) is 10.9. The molecule has 0 heterocycles. The van der Waals surface area contributed by atoms with Crippen LogP contribution in [0, 0.1) is 0 Å². The van der Waals surface area contributed by atoms with Crippen LogP contribution in [-0.2, 0) is 19.6 Å². The number of ether oxygens (including phenoxy) is 2. The molecule has 0 fully saturated rings. The molecule has 2 rings (SSSR count). The van der Waals surface area contributed by atoms with Gasteiger partial charge in [0.25, 0.3) is 5.91 Å². The highest BCUT2D eigenvalue weighted by Crippen LogP contribution is 2.17. The fraction of sp³-hybridized carbons (Fsp3) is 0.316. The summed E-state index contributed by atoms with van der Waals surface area (Å²) in [5, 5.41) is 2.85. The van der Waals surface area contributed by atoms with E-state index >= 15 is 0 Å². The molecule has 7 nitrogen and oxygen atoms in total. The largest absolute Gasteiger partial charge is 0.484 e. The second kappa shape index (κ2) is 10.6. The Bertz CT molecular complexity index is 870. The Labute approximate surface area is 173 Å². The number of carbonyl (C=O) groups excluding carboxylic acids is 1. The van der Waals surface area contributed by atoms with Crippen LogP contribution >= 0.6 is 15.9 Å². The van der Waals surface area contributed by atoms with Gasteiger partial charge in [-0.3, -0.25) is 4.79 Å². The lowest BCUT2D eigenvalue weighted by molar-refractivity contribution is -0.123. The molecule has 152 valence electrons. The fourth-order valence-corrected chi connectivity index (χ4v) is 3.62. The molecule has 0 saturated carbocycles. The average molecular weight is 471 g/mol. The van der Waals surface area contributed by atoms with E-state index in [1.165, 1.54) is 31.4 Å². The van der Waals surface area contributed by atoms with Gasteiger partial charge in [0.1, 0.15) is 5.75 Å². The molecule has 0 bridgehead atoms. The highest BCUT2D eigenvalue weighted by atomic mass is 79.9. The van der Waals surface area contributed by atoms with E-state index in [9.17, 15) is 13.2 Å². The zero-order valence-corrected chi connectivity index (χ0v) is 18.0. The zero-order chi connectivity index (χ0) is 20.6. The van der Waals surface area contributed by atoms with Gasteiger partial charge in [-0.2, -0.15) is 0 Å². The van der Waals surface area contributed by atoms with Crippen molar-refractivity contribution in [3.63, 3.8) is 0 Å². The van der Waals surface area contributed by atoms with Gasteiger partial charge in [-0.1, -0.05) is 28.1 Å². The van der Waals surface area contributed by atoms with Crippen molar-refractivity contribution in [3.8, 4) is 5.75 Å². The monoisotopic (exact) mass is 470 g/mol. The molecule has 0 aliphatic heterocycles. The van der Waals surface area contributed by atoms with Gasteiger partial charge in [-0.05, 0) is 48.9 Å². The highest BCUT2D eigenvalue weighted by molar-refractivity contribution is 9.10. The van der Waals surface area contributed by atoms with Gasteiger partial charge in [0.15, 0.2) is 6.61 Å². The van der Waals surface area contributed by atoms with Crippen molar-refractivity contribution in [2.75, 3.05) is 26.9 Å². The molecule has 2 N–H and O–H groups in total. The van der Waals surface area contributed by atoms with Crippen LogP contribution in [0.25, 0.3) is 0 Å². The van der Waals surface area contributed by atoms with Crippen LogP contribution in [0.4, 0.5) is 0 Å². The van der Waals surface area contributed by atoms with E-state index in [4.69, 9.17) is 9.47 Å². The van der Waals surface area contributed by atoms with E-state index in [0.717, 1.165) is 10.0 Å². The second-order valence-electron chi connectivity index (χ2n) is 5.99. The molecular weight excluding hydrogens is 448 g/mol. The minimum Gasteiger partial charge on any atom is -0.484 e. The number of hydrogen-bond donors (Lipinski definition) is 2. The van der Waals surface area contributed by atoms with Gasteiger partial charge < -0.3 is 14.8 Å². The molecule has 2 aromatic carbocycles. The minimum atomic E-state index is -3.60. The molecule has 0 unspecified atom stereocenters. The first-order chi connectivity index (χ1) is 13.3. The molecule has 9 heteroatoms. The third kappa shape index (κ3) is 6.90. The lowest BCUT2D eigenvalue weighted by atomic mass is 10.1. The van der Waals surface area contributed by atoms with Gasteiger partial charge >= 0.3 is 0 Å².